The van der Waals surface area contributed by atoms with Crippen molar-refractivity contribution in [2.45, 2.75) is 25.9 Å². The molecular weight excluding hydrogens is 542 g/mol. The van der Waals surface area contributed by atoms with Crippen molar-refractivity contribution in [2.75, 3.05) is 10.6 Å². The lowest BCUT2D eigenvalue weighted by Gasteiger charge is -2.26. The first-order chi connectivity index (χ1) is 20.3. The molecule has 42 heavy (non-hydrogen) atoms. The Hall–Kier alpha value is -5.38. The molecule has 0 aliphatic carbocycles. The lowest BCUT2D eigenvalue weighted by molar-refractivity contribution is 0.399. The Morgan fingerprint density at radius 2 is 0.976 bits per heavy atom. The number of nitrogens with zero attached hydrogens (tertiary/aromatic N) is 2. The smallest absolute Gasteiger partial charge is 0.170 e. The fraction of sp³-hybridized carbons (Fsp3) is 0.125. The van der Waals surface area contributed by atoms with Crippen LogP contribution < -0.4 is 10.6 Å². The Balaban J connectivity index is 1.56. The molecule has 0 amide bonds. The largest absolute Gasteiger partial charge is 0.508 e. The molecular formula is C32H26F2N4O4. The van der Waals surface area contributed by atoms with Crippen molar-refractivity contribution < 1.29 is 28.0 Å². The summed E-state index contributed by atoms with van der Waals surface area (Å²) in [7, 11) is 0. The Bertz CT molecular complexity index is 1730. The standard InChI is InChI=1S/C32H26F2N4O4/c1-17-15-27(37-41-17)35-31(19-3-7-21(33)8-4-19)29-23-11-14-26(40)30(24(23)12-13-25(29)39)32(20-5-9-22(34)10-6-20)36-28-16-18(2)42-38-28/h3-16,31-32,39-40H,1-2H3,(H,35,37)(H,36,38)/t31-,32-/m0/s1. The molecule has 2 atom stereocenters. The molecule has 0 aliphatic heterocycles. The van der Waals surface area contributed by atoms with Crippen molar-refractivity contribution in [3.63, 3.8) is 0 Å². The number of phenols is 2. The maximum Gasteiger partial charge on any atom is 0.170 e. The number of aromatic hydroxyl groups is 2. The number of benzene rings is 4. The molecule has 4 aromatic carbocycles. The van der Waals surface area contributed by atoms with E-state index in [0.29, 0.717) is 56.2 Å². The first-order valence-electron chi connectivity index (χ1n) is 13.1. The summed E-state index contributed by atoms with van der Waals surface area (Å²) in [5, 5.41) is 38.4. The number of halogens is 2. The average molecular weight is 569 g/mol. The first kappa shape index (κ1) is 26.8. The predicted molar refractivity (Wildman–Crippen MR) is 153 cm³/mol. The van der Waals surface area contributed by atoms with Crippen molar-refractivity contribution >= 4 is 22.4 Å². The monoisotopic (exact) mass is 568 g/mol. The zero-order valence-corrected chi connectivity index (χ0v) is 22.6. The van der Waals surface area contributed by atoms with E-state index in [1.165, 1.54) is 36.4 Å². The normalized spacial score (nSPS) is 12.8. The van der Waals surface area contributed by atoms with Crippen molar-refractivity contribution in [3.05, 3.63) is 130 Å². The number of aromatic nitrogens is 2. The predicted octanol–water partition coefficient (Wildman–Crippen LogP) is 7.53. The molecule has 2 heterocycles. The van der Waals surface area contributed by atoms with E-state index in [4.69, 9.17) is 9.05 Å². The van der Waals surface area contributed by atoms with Crippen LogP contribution in [0.2, 0.25) is 0 Å². The van der Waals surface area contributed by atoms with Gasteiger partial charge in [0.2, 0.25) is 0 Å². The van der Waals surface area contributed by atoms with Crippen LogP contribution in [0.5, 0.6) is 11.5 Å². The van der Waals surface area contributed by atoms with E-state index in [-0.39, 0.29) is 11.5 Å². The molecule has 0 spiro atoms. The summed E-state index contributed by atoms with van der Waals surface area (Å²) in [5.41, 5.74) is 2.24. The minimum Gasteiger partial charge on any atom is -0.508 e. The van der Waals surface area contributed by atoms with Gasteiger partial charge in [0.15, 0.2) is 11.6 Å². The topological polar surface area (TPSA) is 117 Å². The fourth-order valence-electron chi connectivity index (χ4n) is 5.16. The van der Waals surface area contributed by atoms with E-state index < -0.39 is 23.7 Å². The van der Waals surface area contributed by atoms with Gasteiger partial charge in [-0.25, -0.2) is 8.78 Å². The van der Waals surface area contributed by atoms with Gasteiger partial charge in [0.25, 0.3) is 0 Å². The van der Waals surface area contributed by atoms with Gasteiger partial charge in [-0.05, 0) is 72.1 Å². The molecule has 2 aromatic heterocycles. The van der Waals surface area contributed by atoms with Gasteiger partial charge in [-0.2, -0.15) is 0 Å². The van der Waals surface area contributed by atoms with Crippen molar-refractivity contribution in [3.8, 4) is 11.5 Å². The van der Waals surface area contributed by atoms with E-state index in [9.17, 15) is 19.0 Å². The number of fused-ring (bicyclic) bond motifs is 1. The van der Waals surface area contributed by atoms with E-state index in [1.54, 1.807) is 62.4 Å². The van der Waals surface area contributed by atoms with Gasteiger partial charge >= 0.3 is 0 Å². The molecule has 0 radical (unpaired) electrons. The molecule has 0 saturated carbocycles. The number of hydrogen-bond donors (Lipinski definition) is 4. The number of anilines is 2. The van der Waals surface area contributed by atoms with Crippen molar-refractivity contribution in [1.29, 1.82) is 0 Å². The van der Waals surface area contributed by atoms with Crippen molar-refractivity contribution in [1.82, 2.24) is 10.3 Å². The number of hydrogen-bond acceptors (Lipinski definition) is 8. The summed E-state index contributed by atoms with van der Waals surface area (Å²) in [6, 6.07) is 20.4. The second-order valence-electron chi connectivity index (χ2n) is 10.00. The Kier molecular flexibility index (Phi) is 6.95. The number of phenolic OH excluding ortho intramolecular Hbond substituents is 2. The van der Waals surface area contributed by atoms with Gasteiger partial charge in [-0.1, -0.05) is 46.7 Å². The van der Waals surface area contributed by atoms with Gasteiger partial charge in [0.05, 0.1) is 12.1 Å². The van der Waals surface area contributed by atoms with Crippen LogP contribution in [0.1, 0.15) is 45.9 Å². The lowest BCUT2D eigenvalue weighted by atomic mass is 9.87. The van der Waals surface area contributed by atoms with Gasteiger partial charge < -0.3 is 29.9 Å². The van der Waals surface area contributed by atoms with Crippen LogP contribution in [-0.2, 0) is 0 Å². The second kappa shape index (κ2) is 10.9. The second-order valence-corrected chi connectivity index (χ2v) is 10.00. The number of nitrogens with one attached hydrogen (secondary N) is 2. The third-order valence-electron chi connectivity index (χ3n) is 7.06. The molecule has 0 bridgehead atoms. The summed E-state index contributed by atoms with van der Waals surface area (Å²) in [4.78, 5) is 0. The third kappa shape index (κ3) is 5.22. The Morgan fingerprint density at radius 3 is 1.31 bits per heavy atom. The quantitative estimate of drug-likeness (QED) is 0.149. The van der Waals surface area contributed by atoms with Crippen LogP contribution in [0.15, 0.2) is 94.0 Å². The van der Waals surface area contributed by atoms with Crippen LogP contribution in [0.4, 0.5) is 20.4 Å². The maximum absolute atomic E-state index is 13.9. The minimum absolute atomic E-state index is 0.0281. The zero-order valence-electron chi connectivity index (χ0n) is 22.6. The van der Waals surface area contributed by atoms with E-state index >= 15 is 0 Å². The van der Waals surface area contributed by atoms with E-state index in [0.717, 1.165) is 0 Å². The highest BCUT2D eigenvalue weighted by atomic mass is 19.1. The molecule has 4 N–H and O–H groups in total. The maximum atomic E-state index is 13.9. The SMILES string of the molecule is Cc1cc(N[C@@H](c2ccc(F)cc2)c2c(O)ccc3c([C@@H](Nc4cc(C)on4)c4ccc(F)cc4)c(O)ccc23)no1. The molecule has 0 unspecified atom stereocenters. The highest BCUT2D eigenvalue weighted by Gasteiger charge is 2.27. The van der Waals surface area contributed by atoms with Gasteiger partial charge in [0, 0.05) is 23.3 Å². The van der Waals surface area contributed by atoms with Gasteiger partial charge in [-0.15, -0.1) is 0 Å². The van der Waals surface area contributed by atoms with Crippen molar-refractivity contribution in [2.24, 2.45) is 0 Å². The van der Waals surface area contributed by atoms with Gasteiger partial charge in [0.1, 0.15) is 34.7 Å². The van der Waals surface area contributed by atoms with Crippen LogP contribution in [0.25, 0.3) is 10.8 Å². The van der Waals surface area contributed by atoms with E-state index in [1.807, 2.05) is 0 Å². The lowest BCUT2D eigenvalue weighted by Crippen LogP contribution is -2.15. The molecule has 8 nitrogen and oxygen atoms in total. The minimum atomic E-state index is -0.688. The van der Waals surface area contributed by atoms with E-state index in [2.05, 4.69) is 20.9 Å². The van der Waals surface area contributed by atoms with Crippen LogP contribution in [0.3, 0.4) is 0 Å². The molecule has 0 saturated heterocycles. The van der Waals surface area contributed by atoms with Crippen LogP contribution in [0, 0.1) is 25.5 Å². The average Bonchev–Trinajstić information content (AvgIpc) is 3.59. The fourth-order valence-corrected chi connectivity index (χ4v) is 5.16. The number of rotatable bonds is 8. The highest BCUT2D eigenvalue weighted by Crippen LogP contribution is 2.44. The van der Waals surface area contributed by atoms with Crippen LogP contribution in [-0.4, -0.2) is 20.5 Å². The summed E-state index contributed by atoms with van der Waals surface area (Å²) >= 11 is 0. The molecule has 6 aromatic rings. The van der Waals surface area contributed by atoms with Gasteiger partial charge in [-0.3, -0.25) is 0 Å². The first-order valence-corrected chi connectivity index (χ1v) is 13.1. The Morgan fingerprint density at radius 1 is 0.595 bits per heavy atom. The summed E-state index contributed by atoms with van der Waals surface area (Å²) in [6.45, 7) is 3.52. The Labute approximate surface area is 239 Å². The summed E-state index contributed by atoms with van der Waals surface area (Å²) < 4.78 is 38.3. The zero-order chi connectivity index (χ0) is 29.4. The molecule has 0 aliphatic rings. The molecule has 10 heteroatoms. The molecule has 212 valence electrons. The molecule has 6 rings (SSSR count). The van der Waals surface area contributed by atoms with Crippen LogP contribution >= 0.6 is 0 Å². The molecule has 0 fully saturated rings. The third-order valence-corrected chi connectivity index (χ3v) is 7.06. The summed E-state index contributed by atoms with van der Waals surface area (Å²) in [5.74, 6) is 1.15. The number of aryl methyl sites for hydroxylation is 2. The summed E-state index contributed by atoms with van der Waals surface area (Å²) in [6.07, 6.45) is 0. The highest BCUT2D eigenvalue weighted by molar-refractivity contribution is 5.94.